The maximum absolute atomic E-state index is 16.0. The summed E-state index contributed by atoms with van der Waals surface area (Å²) < 4.78 is 18.1. The second kappa shape index (κ2) is 17.7. The van der Waals surface area contributed by atoms with Gasteiger partial charge in [0.2, 0.25) is 5.91 Å². The Morgan fingerprint density at radius 1 is 0.891 bits per heavy atom. The van der Waals surface area contributed by atoms with Crippen molar-refractivity contribution in [2.75, 3.05) is 24.7 Å². The average Bonchev–Trinajstić information content (AvgIpc) is 3.76. The Balaban J connectivity index is 1.39. The fourth-order valence-corrected chi connectivity index (χ4v) is 9.11. The van der Waals surface area contributed by atoms with Crippen molar-refractivity contribution in [3.8, 4) is 17.6 Å². The number of ether oxygens (including phenoxy) is 3. The van der Waals surface area contributed by atoms with Crippen LogP contribution in [0.2, 0.25) is 0 Å². The highest BCUT2D eigenvalue weighted by atomic mass is 16.6. The molecule has 5 N–H and O–H groups in total. The van der Waals surface area contributed by atoms with E-state index in [9.17, 15) is 39.5 Å². The summed E-state index contributed by atoms with van der Waals surface area (Å²) in [6, 6.07) is 29.2. The van der Waals surface area contributed by atoms with E-state index in [0.717, 1.165) is 4.90 Å². The summed E-state index contributed by atoms with van der Waals surface area (Å²) in [5, 5.41) is 35.1. The normalized spacial score (nSPS) is 22.1. The third kappa shape index (κ3) is 7.50. The van der Waals surface area contributed by atoms with Crippen LogP contribution in [0.25, 0.3) is 0 Å². The van der Waals surface area contributed by atoms with Gasteiger partial charge in [0, 0.05) is 23.3 Å². The first-order valence-electron chi connectivity index (χ1n) is 20.0. The Morgan fingerprint density at radius 2 is 1.56 bits per heavy atom. The standard InChI is InChI=1S/C47H39N5O12/c48-45(58)49-23-9-10-28-19-22-35-34(26-28)47(44(57)50(35)46(59)63-27-29-17-20-32(21-18-29)52(60)61)37(42(54)55)39-43(56)64-40(31-13-5-2-6-14-31)38(30-11-3-1-4-12-30)51(39)41(47)33-15-7-8-16-36(33)62-25-24-53/h1-8,11-22,26,37-41,53H,23-25,27H2,(H,54,55)(H3,48,49,58)/t37-,38-,39-,40+,41+,47-/m0/s1. The zero-order valence-corrected chi connectivity index (χ0v) is 33.7. The van der Waals surface area contributed by atoms with Crippen LogP contribution in [0.15, 0.2) is 127 Å². The second-order valence-electron chi connectivity index (χ2n) is 15.1. The first-order chi connectivity index (χ1) is 31.0. The molecule has 64 heavy (non-hydrogen) atoms. The maximum atomic E-state index is 16.0. The van der Waals surface area contributed by atoms with Crippen molar-refractivity contribution < 1.29 is 53.3 Å². The first-order valence-corrected chi connectivity index (χ1v) is 20.0. The second-order valence-corrected chi connectivity index (χ2v) is 15.1. The smallest absolute Gasteiger partial charge is 0.421 e. The van der Waals surface area contributed by atoms with Gasteiger partial charge in [-0.25, -0.2) is 14.5 Å². The number of anilines is 1. The zero-order chi connectivity index (χ0) is 45.1. The third-order valence-corrected chi connectivity index (χ3v) is 11.6. The number of esters is 1. The molecule has 2 fully saturated rings. The van der Waals surface area contributed by atoms with Crippen molar-refractivity contribution in [2.45, 2.75) is 36.3 Å². The summed E-state index contributed by atoms with van der Waals surface area (Å²) >= 11 is 0. The number of rotatable bonds is 11. The van der Waals surface area contributed by atoms with Gasteiger partial charge in [-0.1, -0.05) is 90.7 Å². The minimum Gasteiger partial charge on any atom is -0.491 e. The number of nitrogens with one attached hydrogen (secondary N) is 1. The summed E-state index contributed by atoms with van der Waals surface area (Å²) in [6.07, 6.45) is -2.24. The molecule has 0 unspecified atom stereocenters. The number of para-hydroxylation sites is 1. The lowest BCUT2D eigenvalue weighted by atomic mass is 9.65. The number of nitro groups is 1. The number of benzene rings is 5. The van der Waals surface area contributed by atoms with Gasteiger partial charge in [0.05, 0.1) is 35.8 Å². The van der Waals surface area contributed by atoms with E-state index in [4.69, 9.17) is 19.9 Å². The Morgan fingerprint density at radius 3 is 2.22 bits per heavy atom. The largest absolute Gasteiger partial charge is 0.491 e. The molecule has 324 valence electrons. The molecule has 0 aliphatic carbocycles. The van der Waals surface area contributed by atoms with Gasteiger partial charge < -0.3 is 35.5 Å². The number of nitro benzene ring substituents is 1. The number of non-ortho nitro benzene ring substituents is 1. The lowest BCUT2D eigenvalue weighted by Gasteiger charge is -2.46. The van der Waals surface area contributed by atoms with Gasteiger partial charge in [-0.3, -0.25) is 29.4 Å². The Labute approximate surface area is 365 Å². The monoisotopic (exact) mass is 865 g/mol. The van der Waals surface area contributed by atoms with Crippen LogP contribution in [0.5, 0.6) is 5.75 Å². The number of aliphatic carboxylic acids is 1. The Hall–Kier alpha value is -8.07. The fourth-order valence-electron chi connectivity index (χ4n) is 9.11. The molecule has 17 heteroatoms. The van der Waals surface area contributed by atoms with E-state index in [1.165, 1.54) is 42.5 Å². The molecule has 4 amide bonds. The van der Waals surface area contributed by atoms with Gasteiger partial charge in [-0.2, -0.15) is 0 Å². The predicted octanol–water partition coefficient (Wildman–Crippen LogP) is 5.07. The molecule has 3 aliphatic heterocycles. The molecule has 8 rings (SSSR count). The Kier molecular flexibility index (Phi) is 11.8. The quantitative estimate of drug-likeness (QED) is 0.0588. The van der Waals surface area contributed by atoms with Crippen LogP contribution in [-0.2, 0) is 35.9 Å². The number of imide groups is 1. The molecule has 0 aromatic heterocycles. The topological polar surface area (TPSA) is 241 Å². The van der Waals surface area contributed by atoms with Crippen molar-refractivity contribution in [3.05, 3.63) is 171 Å². The number of morpholine rings is 1. The lowest BCUT2D eigenvalue weighted by Crippen LogP contribution is -2.53. The van der Waals surface area contributed by atoms with E-state index >= 15 is 4.79 Å². The number of aliphatic hydroxyl groups excluding tert-OH is 1. The third-order valence-electron chi connectivity index (χ3n) is 11.6. The number of fused-ring (bicyclic) bond motifs is 3. The average molecular weight is 866 g/mol. The molecular weight excluding hydrogens is 827 g/mol. The number of carboxylic acid groups (broad SMARTS) is 1. The summed E-state index contributed by atoms with van der Waals surface area (Å²) in [5.74, 6) is 0.357. The molecule has 0 radical (unpaired) electrons. The molecule has 0 saturated carbocycles. The van der Waals surface area contributed by atoms with E-state index in [0.29, 0.717) is 16.7 Å². The molecule has 3 aliphatic rings. The number of carbonyl (C=O) groups excluding carboxylic acids is 4. The van der Waals surface area contributed by atoms with E-state index in [2.05, 4.69) is 17.2 Å². The molecule has 0 bridgehead atoms. The molecule has 2 saturated heterocycles. The molecular formula is C47H39N5O12. The molecule has 5 aromatic rings. The molecule has 6 atom stereocenters. The summed E-state index contributed by atoms with van der Waals surface area (Å²) in [5.41, 5.74) is 4.69. The number of urea groups is 1. The molecule has 17 nitrogen and oxygen atoms in total. The highest BCUT2D eigenvalue weighted by molar-refractivity contribution is 6.23. The minimum atomic E-state index is -2.35. The van der Waals surface area contributed by atoms with Gasteiger partial charge in [-0.05, 0) is 58.7 Å². The van der Waals surface area contributed by atoms with Crippen LogP contribution in [0.1, 0.15) is 51.6 Å². The number of cyclic esters (lactones) is 1. The van der Waals surface area contributed by atoms with Crippen molar-refractivity contribution >= 4 is 41.3 Å². The van der Waals surface area contributed by atoms with Gasteiger partial charge in [0.1, 0.15) is 42.4 Å². The molecule has 5 aromatic carbocycles. The SMILES string of the molecule is NC(=O)NCC#Cc1ccc2c(c1)[C@]1(C(=O)N2C(=O)OCc2ccc([N+](=O)[O-])cc2)[C@H](C(=O)O)[C@H]2C(=O)O[C@H](c3ccccc3)[C@H](c3ccccc3)N2[C@@H]1c1ccccc1OCCO. The highest BCUT2D eigenvalue weighted by Gasteiger charge is 2.76. The van der Waals surface area contributed by atoms with E-state index in [1.807, 2.05) is 12.1 Å². The number of nitrogens with zero attached hydrogens (tertiary/aromatic N) is 3. The first kappa shape index (κ1) is 42.6. The van der Waals surface area contributed by atoms with Crippen molar-refractivity contribution in [1.82, 2.24) is 10.2 Å². The van der Waals surface area contributed by atoms with Gasteiger partial charge in [0.25, 0.3) is 5.69 Å². The van der Waals surface area contributed by atoms with Crippen molar-refractivity contribution in [3.63, 3.8) is 0 Å². The summed E-state index contributed by atoms with van der Waals surface area (Å²) in [6.45, 7) is -1.18. The van der Waals surface area contributed by atoms with Crippen LogP contribution in [-0.4, -0.2) is 75.8 Å². The maximum Gasteiger partial charge on any atom is 0.421 e. The molecule has 3 heterocycles. The zero-order valence-electron chi connectivity index (χ0n) is 33.7. The number of hydrogen-bond acceptors (Lipinski definition) is 12. The van der Waals surface area contributed by atoms with Crippen LogP contribution in [0.4, 0.5) is 21.0 Å². The van der Waals surface area contributed by atoms with E-state index in [-0.39, 0.29) is 47.0 Å². The number of carbonyl (C=O) groups is 5. The number of hydrogen-bond donors (Lipinski definition) is 4. The number of nitrogens with two attached hydrogens (primary N) is 1. The van der Waals surface area contributed by atoms with Crippen LogP contribution in [0.3, 0.4) is 0 Å². The van der Waals surface area contributed by atoms with Gasteiger partial charge in [0.15, 0.2) is 0 Å². The number of carboxylic acids is 1. The minimum absolute atomic E-state index is 0.0130. The van der Waals surface area contributed by atoms with E-state index in [1.54, 1.807) is 77.7 Å². The van der Waals surface area contributed by atoms with E-state index < -0.39 is 83.7 Å². The lowest BCUT2D eigenvalue weighted by molar-refractivity contribution is -0.384. The van der Waals surface area contributed by atoms with Crippen molar-refractivity contribution in [1.29, 1.82) is 0 Å². The van der Waals surface area contributed by atoms with Crippen LogP contribution in [0, 0.1) is 27.9 Å². The summed E-state index contributed by atoms with van der Waals surface area (Å²) in [4.78, 5) is 84.2. The number of primary amides is 1. The summed E-state index contributed by atoms with van der Waals surface area (Å²) in [7, 11) is 0. The Bertz CT molecular complexity index is 2710. The molecule has 1 spiro atoms. The van der Waals surface area contributed by atoms with Gasteiger partial charge in [-0.15, -0.1) is 0 Å². The van der Waals surface area contributed by atoms with Crippen LogP contribution < -0.4 is 20.7 Å². The predicted molar refractivity (Wildman–Crippen MR) is 226 cm³/mol. The number of aliphatic hydroxyl groups is 1. The van der Waals surface area contributed by atoms with Crippen LogP contribution >= 0.6 is 0 Å². The van der Waals surface area contributed by atoms with Gasteiger partial charge >= 0.3 is 24.1 Å². The van der Waals surface area contributed by atoms with Crippen molar-refractivity contribution in [2.24, 2.45) is 11.7 Å². The number of amides is 4. The highest BCUT2D eigenvalue weighted by Crippen LogP contribution is 2.66. The fraction of sp³-hybridized carbons (Fsp3) is 0.213.